The zero-order valence-electron chi connectivity index (χ0n) is 10.9. The lowest BCUT2D eigenvalue weighted by Gasteiger charge is -2.25. The average Bonchev–Trinajstić information content (AvgIpc) is 2.21. The van der Waals surface area contributed by atoms with Crippen molar-refractivity contribution < 1.29 is 0 Å². The first-order valence-electron chi connectivity index (χ1n) is 6.63. The summed E-state index contributed by atoms with van der Waals surface area (Å²) in [4.78, 5) is 2.56. The van der Waals surface area contributed by atoms with E-state index in [-0.39, 0.29) is 0 Å². The van der Waals surface area contributed by atoms with Gasteiger partial charge < -0.3 is 20.9 Å². The summed E-state index contributed by atoms with van der Waals surface area (Å²) in [6.07, 6.45) is 0. The van der Waals surface area contributed by atoms with E-state index >= 15 is 0 Å². The second kappa shape index (κ2) is 8.93. The topological polar surface area (TPSA) is 39.3 Å². The monoisotopic (exact) mass is 228 g/mol. The molecule has 0 radical (unpaired) electrons. The summed E-state index contributed by atoms with van der Waals surface area (Å²) in [6, 6.07) is 0. The third-order valence-electron chi connectivity index (χ3n) is 2.79. The van der Waals surface area contributed by atoms with E-state index in [0.29, 0.717) is 0 Å². The van der Waals surface area contributed by atoms with Gasteiger partial charge in [-0.15, -0.1) is 0 Å². The lowest BCUT2D eigenvalue weighted by atomic mass is 10.2. The SMILES string of the molecule is CC(C)CN1CCNCCNCCNCC1. The van der Waals surface area contributed by atoms with Crippen molar-refractivity contribution in [3.63, 3.8) is 0 Å². The highest BCUT2D eigenvalue weighted by Crippen LogP contribution is 1.97. The van der Waals surface area contributed by atoms with E-state index in [1.165, 1.54) is 19.6 Å². The molecule has 0 unspecified atom stereocenters. The summed E-state index contributed by atoms with van der Waals surface area (Å²) >= 11 is 0. The molecule has 0 aromatic heterocycles. The Morgan fingerprint density at radius 1 is 0.812 bits per heavy atom. The Balaban J connectivity index is 2.24. The van der Waals surface area contributed by atoms with Crippen LogP contribution in [0.5, 0.6) is 0 Å². The van der Waals surface area contributed by atoms with Crippen LogP contribution in [-0.4, -0.2) is 63.8 Å². The zero-order valence-corrected chi connectivity index (χ0v) is 10.9. The minimum Gasteiger partial charge on any atom is -0.314 e. The lowest BCUT2D eigenvalue weighted by Crippen LogP contribution is -2.42. The van der Waals surface area contributed by atoms with Gasteiger partial charge in [-0.05, 0) is 5.92 Å². The molecule has 0 aromatic rings. The normalized spacial score (nSPS) is 22.7. The molecule has 16 heavy (non-hydrogen) atoms. The molecule has 1 fully saturated rings. The molecule has 1 rings (SSSR count). The van der Waals surface area contributed by atoms with Gasteiger partial charge in [-0.2, -0.15) is 0 Å². The molecule has 0 atom stereocenters. The predicted molar refractivity (Wildman–Crippen MR) is 69.9 cm³/mol. The fraction of sp³-hybridized carbons (Fsp3) is 1.00. The molecule has 0 spiro atoms. The lowest BCUT2D eigenvalue weighted by molar-refractivity contribution is 0.243. The Kier molecular flexibility index (Phi) is 7.76. The van der Waals surface area contributed by atoms with Gasteiger partial charge in [0.1, 0.15) is 0 Å². The van der Waals surface area contributed by atoms with Gasteiger partial charge in [0.05, 0.1) is 0 Å². The molecule has 0 saturated carbocycles. The van der Waals surface area contributed by atoms with Gasteiger partial charge >= 0.3 is 0 Å². The average molecular weight is 228 g/mol. The van der Waals surface area contributed by atoms with Crippen molar-refractivity contribution in [2.75, 3.05) is 58.9 Å². The molecule has 1 heterocycles. The number of hydrogen-bond donors (Lipinski definition) is 3. The van der Waals surface area contributed by atoms with Gasteiger partial charge in [0.15, 0.2) is 0 Å². The molecule has 1 aliphatic heterocycles. The summed E-state index contributed by atoms with van der Waals surface area (Å²) in [5.41, 5.74) is 0. The van der Waals surface area contributed by atoms with E-state index in [0.717, 1.165) is 45.2 Å². The molecule has 4 nitrogen and oxygen atoms in total. The first-order chi connectivity index (χ1) is 7.79. The number of hydrogen-bond acceptors (Lipinski definition) is 4. The number of nitrogens with one attached hydrogen (secondary N) is 3. The Labute approximate surface area is 100 Å². The highest BCUT2D eigenvalue weighted by molar-refractivity contribution is 4.65. The van der Waals surface area contributed by atoms with Crippen molar-refractivity contribution in [1.82, 2.24) is 20.9 Å². The maximum Gasteiger partial charge on any atom is 0.0107 e. The van der Waals surface area contributed by atoms with Gasteiger partial charge in [0, 0.05) is 58.9 Å². The summed E-state index contributed by atoms with van der Waals surface area (Å²) in [7, 11) is 0. The molecule has 96 valence electrons. The molecule has 0 bridgehead atoms. The first kappa shape index (κ1) is 13.9. The number of rotatable bonds is 2. The third kappa shape index (κ3) is 7.17. The van der Waals surface area contributed by atoms with Crippen LogP contribution in [-0.2, 0) is 0 Å². The standard InChI is InChI=1S/C12H28N4/c1-12(2)11-16-9-7-14-5-3-13-4-6-15-8-10-16/h12-15H,3-11H2,1-2H3. The van der Waals surface area contributed by atoms with Crippen molar-refractivity contribution in [2.24, 2.45) is 5.92 Å². The molecular formula is C12H28N4. The van der Waals surface area contributed by atoms with Gasteiger partial charge in [0.2, 0.25) is 0 Å². The summed E-state index contributed by atoms with van der Waals surface area (Å²) < 4.78 is 0. The molecular weight excluding hydrogens is 200 g/mol. The van der Waals surface area contributed by atoms with E-state index in [2.05, 4.69) is 34.7 Å². The molecule has 3 N–H and O–H groups in total. The minimum absolute atomic E-state index is 0.759. The van der Waals surface area contributed by atoms with Crippen molar-refractivity contribution in [3.8, 4) is 0 Å². The Morgan fingerprint density at radius 2 is 1.25 bits per heavy atom. The van der Waals surface area contributed by atoms with Crippen LogP contribution in [0.3, 0.4) is 0 Å². The highest BCUT2D eigenvalue weighted by Gasteiger charge is 2.06. The summed E-state index contributed by atoms with van der Waals surface area (Å²) in [5.74, 6) is 0.759. The van der Waals surface area contributed by atoms with E-state index in [1.807, 2.05) is 0 Å². The molecule has 4 heteroatoms. The molecule has 0 aromatic carbocycles. The molecule has 1 aliphatic rings. The second-order valence-corrected chi connectivity index (χ2v) is 4.94. The van der Waals surface area contributed by atoms with Crippen LogP contribution in [0.1, 0.15) is 13.8 Å². The summed E-state index contributed by atoms with van der Waals surface area (Å²) in [6.45, 7) is 14.6. The Bertz CT molecular complexity index is 149. The Morgan fingerprint density at radius 3 is 1.69 bits per heavy atom. The maximum absolute atomic E-state index is 3.48. The van der Waals surface area contributed by atoms with E-state index in [9.17, 15) is 0 Å². The van der Waals surface area contributed by atoms with Crippen molar-refractivity contribution in [3.05, 3.63) is 0 Å². The largest absolute Gasteiger partial charge is 0.314 e. The van der Waals surface area contributed by atoms with Crippen LogP contribution >= 0.6 is 0 Å². The fourth-order valence-electron chi connectivity index (χ4n) is 2.01. The minimum atomic E-state index is 0.759. The van der Waals surface area contributed by atoms with Crippen LogP contribution in [0, 0.1) is 5.92 Å². The van der Waals surface area contributed by atoms with Crippen LogP contribution in [0.25, 0.3) is 0 Å². The molecule has 0 amide bonds. The summed E-state index contributed by atoms with van der Waals surface area (Å²) in [5, 5.41) is 10.4. The van der Waals surface area contributed by atoms with Gasteiger partial charge in [-0.1, -0.05) is 13.8 Å². The number of nitrogens with zero attached hydrogens (tertiary/aromatic N) is 1. The smallest absolute Gasteiger partial charge is 0.0107 e. The fourth-order valence-corrected chi connectivity index (χ4v) is 2.01. The van der Waals surface area contributed by atoms with E-state index in [1.54, 1.807) is 0 Å². The molecule has 1 saturated heterocycles. The van der Waals surface area contributed by atoms with Gasteiger partial charge in [0.25, 0.3) is 0 Å². The molecule has 0 aliphatic carbocycles. The zero-order chi connectivity index (χ0) is 11.6. The highest BCUT2D eigenvalue weighted by atomic mass is 15.2. The van der Waals surface area contributed by atoms with Crippen molar-refractivity contribution >= 4 is 0 Å². The van der Waals surface area contributed by atoms with Crippen LogP contribution < -0.4 is 16.0 Å². The van der Waals surface area contributed by atoms with E-state index < -0.39 is 0 Å². The van der Waals surface area contributed by atoms with Gasteiger partial charge in [-0.3, -0.25) is 0 Å². The van der Waals surface area contributed by atoms with Crippen molar-refractivity contribution in [2.45, 2.75) is 13.8 Å². The van der Waals surface area contributed by atoms with Crippen LogP contribution in [0.4, 0.5) is 0 Å². The quantitative estimate of drug-likeness (QED) is 0.608. The third-order valence-corrected chi connectivity index (χ3v) is 2.79. The van der Waals surface area contributed by atoms with Gasteiger partial charge in [-0.25, -0.2) is 0 Å². The van der Waals surface area contributed by atoms with Crippen LogP contribution in [0.2, 0.25) is 0 Å². The Hall–Kier alpha value is -0.160. The van der Waals surface area contributed by atoms with E-state index in [4.69, 9.17) is 0 Å². The first-order valence-corrected chi connectivity index (χ1v) is 6.63. The van der Waals surface area contributed by atoms with Crippen molar-refractivity contribution in [1.29, 1.82) is 0 Å². The second-order valence-electron chi connectivity index (χ2n) is 4.94. The maximum atomic E-state index is 3.48. The predicted octanol–water partition coefficient (Wildman–Crippen LogP) is -0.273. The van der Waals surface area contributed by atoms with Crippen LogP contribution in [0.15, 0.2) is 0 Å².